The van der Waals surface area contributed by atoms with E-state index in [9.17, 15) is 14.2 Å². The lowest BCUT2D eigenvalue weighted by molar-refractivity contribution is -0.161. The van der Waals surface area contributed by atoms with E-state index in [0.29, 0.717) is 12.8 Å². The van der Waals surface area contributed by atoms with Gasteiger partial charge in [-0.25, -0.2) is 4.57 Å². The average molecular weight is 739 g/mol. The Morgan fingerprint density at radius 2 is 0.941 bits per heavy atom. The Bertz CT molecular complexity index is 968. The summed E-state index contributed by atoms with van der Waals surface area (Å²) in [6.45, 7) is 3.54. The number of hydrogen-bond acceptors (Lipinski definition) is 6. The average Bonchev–Trinajstić information content (AvgIpc) is 3.10. The van der Waals surface area contributed by atoms with Crippen LogP contribution in [0.2, 0.25) is 0 Å². The number of unbranched alkanes of at least 4 members (excludes halogenated alkanes) is 19. The van der Waals surface area contributed by atoms with Crippen molar-refractivity contribution in [2.75, 3.05) is 13.2 Å². The summed E-state index contributed by atoms with van der Waals surface area (Å²) >= 11 is 0. The van der Waals surface area contributed by atoms with Crippen molar-refractivity contribution < 1.29 is 37.9 Å². The Morgan fingerprint density at radius 1 is 0.529 bits per heavy atom. The quantitative estimate of drug-likeness (QED) is 0.0280. The second-order valence-electron chi connectivity index (χ2n) is 13.6. The molecular formula is C42H75O8P. The highest BCUT2D eigenvalue weighted by Gasteiger charge is 2.22. The van der Waals surface area contributed by atoms with E-state index in [2.05, 4.69) is 67.0 Å². The molecule has 0 aromatic rings. The summed E-state index contributed by atoms with van der Waals surface area (Å²) in [6, 6.07) is 0. The molecule has 2 N–H and O–H groups in total. The van der Waals surface area contributed by atoms with Crippen LogP contribution in [0.1, 0.15) is 187 Å². The fourth-order valence-electron chi connectivity index (χ4n) is 5.60. The third-order valence-electron chi connectivity index (χ3n) is 8.61. The van der Waals surface area contributed by atoms with Gasteiger partial charge >= 0.3 is 19.8 Å². The van der Waals surface area contributed by atoms with Gasteiger partial charge in [-0.15, -0.1) is 0 Å². The van der Waals surface area contributed by atoms with Crippen LogP contribution in [0.4, 0.5) is 0 Å². The first kappa shape index (κ1) is 49.0. The summed E-state index contributed by atoms with van der Waals surface area (Å²) in [5, 5.41) is 0. The van der Waals surface area contributed by atoms with Crippen molar-refractivity contribution in [1.29, 1.82) is 0 Å². The van der Waals surface area contributed by atoms with Crippen molar-refractivity contribution in [3.8, 4) is 0 Å². The van der Waals surface area contributed by atoms with Gasteiger partial charge in [-0.3, -0.25) is 14.1 Å². The number of carbonyl (C=O) groups excluding carboxylic acids is 2. The lowest BCUT2D eigenvalue weighted by Gasteiger charge is -2.18. The first-order valence-electron chi connectivity index (χ1n) is 20.4. The van der Waals surface area contributed by atoms with E-state index in [1.165, 1.54) is 89.9 Å². The standard InChI is InChI=1S/C42H75O8P/c1-3-5-7-9-11-13-15-17-19-20-21-23-25-27-29-31-33-35-37-42(44)50-40(39-49-51(45,46)47)38-48-41(43)36-34-32-30-28-26-24-22-18-16-14-12-10-8-6-4-2/h6,8,12,14,18,22,26,28,40H,3-5,7,9-11,13,15-17,19-21,23-25,27,29-39H2,1-2H3,(H2,45,46,47)/b8-6+,14-12+,22-18+,28-26+/t40-/m1/s1. The normalized spacial score (nSPS) is 12.9. The Kier molecular flexibility index (Phi) is 36.3. The molecule has 0 fully saturated rings. The number of allylic oxidation sites excluding steroid dienone is 8. The minimum absolute atomic E-state index is 0.205. The highest BCUT2D eigenvalue weighted by Crippen LogP contribution is 2.36. The molecule has 51 heavy (non-hydrogen) atoms. The van der Waals surface area contributed by atoms with E-state index in [1.54, 1.807) is 0 Å². The van der Waals surface area contributed by atoms with Crippen LogP contribution in [0, 0.1) is 0 Å². The van der Waals surface area contributed by atoms with Crippen molar-refractivity contribution in [3.05, 3.63) is 48.6 Å². The molecule has 0 spiro atoms. The van der Waals surface area contributed by atoms with Gasteiger partial charge in [0.2, 0.25) is 0 Å². The maximum Gasteiger partial charge on any atom is 0.469 e. The van der Waals surface area contributed by atoms with Crippen molar-refractivity contribution in [3.63, 3.8) is 0 Å². The summed E-state index contributed by atoms with van der Waals surface area (Å²) in [4.78, 5) is 42.8. The molecule has 1 atom stereocenters. The van der Waals surface area contributed by atoms with Gasteiger partial charge in [0.25, 0.3) is 0 Å². The van der Waals surface area contributed by atoms with Gasteiger partial charge in [0.15, 0.2) is 6.10 Å². The summed E-state index contributed by atoms with van der Waals surface area (Å²) in [5.41, 5.74) is 0. The molecule has 0 aliphatic carbocycles. The Morgan fingerprint density at radius 3 is 1.41 bits per heavy atom. The summed E-state index contributed by atoms with van der Waals surface area (Å²) < 4.78 is 26.3. The molecule has 0 aromatic carbocycles. The second-order valence-corrected chi connectivity index (χ2v) is 14.8. The van der Waals surface area contributed by atoms with Gasteiger partial charge in [0, 0.05) is 12.8 Å². The van der Waals surface area contributed by atoms with Crippen LogP contribution in [0.15, 0.2) is 48.6 Å². The van der Waals surface area contributed by atoms with Gasteiger partial charge < -0.3 is 19.3 Å². The first-order chi connectivity index (χ1) is 24.8. The molecule has 0 rings (SSSR count). The number of phosphoric acid groups is 1. The van der Waals surface area contributed by atoms with Crippen molar-refractivity contribution in [2.45, 2.75) is 193 Å². The molecule has 0 saturated heterocycles. The third kappa shape index (κ3) is 40.6. The van der Waals surface area contributed by atoms with Gasteiger partial charge in [0.1, 0.15) is 6.61 Å². The number of rotatable bonds is 37. The van der Waals surface area contributed by atoms with Gasteiger partial charge in [0.05, 0.1) is 6.61 Å². The minimum Gasteiger partial charge on any atom is -0.462 e. The molecule has 296 valence electrons. The molecule has 8 nitrogen and oxygen atoms in total. The highest BCUT2D eigenvalue weighted by atomic mass is 31.2. The van der Waals surface area contributed by atoms with Gasteiger partial charge in [-0.05, 0) is 51.4 Å². The zero-order valence-corrected chi connectivity index (χ0v) is 33.4. The zero-order chi connectivity index (χ0) is 37.5. The molecule has 0 saturated carbocycles. The maximum absolute atomic E-state index is 12.4. The summed E-state index contributed by atoms with van der Waals surface area (Å²) in [5.74, 6) is -0.930. The SMILES string of the molecule is CC/C=C/C/C=C/C/C=C/C/C=C/CCCCC(=O)OC[C@H](COP(=O)(O)O)OC(=O)CCCCCCCCCCCCCCCCCCCC. The highest BCUT2D eigenvalue weighted by molar-refractivity contribution is 7.46. The molecule has 0 aliphatic heterocycles. The monoisotopic (exact) mass is 739 g/mol. The van der Waals surface area contributed by atoms with Crippen molar-refractivity contribution in [2.24, 2.45) is 0 Å². The third-order valence-corrected chi connectivity index (χ3v) is 9.10. The zero-order valence-electron chi connectivity index (χ0n) is 32.5. The number of ether oxygens (including phenoxy) is 2. The largest absolute Gasteiger partial charge is 0.469 e. The Hall–Kier alpha value is -1.99. The first-order valence-corrected chi connectivity index (χ1v) is 22.0. The molecule has 0 amide bonds. The van der Waals surface area contributed by atoms with Gasteiger partial charge in [-0.2, -0.15) is 0 Å². The topological polar surface area (TPSA) is 119 Å². The predicted molar refractivity (Wildman–Crippen MR) is 211 cm³/mol. The Balaban J connectivity index is 3.96. The minimum atomic E-state index is -4.76. The van der Waals surface area contributed by atoms with Crippen LogP contribution in [0.3, 0.4) is 0 Å². The predicted octanol–water partition coefficient (Wildman–Crippen LogP) is 12.3. The van der Waals surface area contributed by atoms with Crippen molar-refractivity contribution >= 4 is 19.8 Å². The fraction of sp³-hybridized carbons (Fsp3) is 0.762. The fourth-order valence-corrected chi connectivity index (χ4v) is 5.96. The number of carbonyl (C=O) groups is 2. The molecule has 0 aliphatic rings. The van der Waals surface area contributed by atoms with E-state index in [-0.39, 0.29) is 19.4 Å². The molecule has 0 unspecified atom stereocenters. The van der Waals surface area contributed by atoms with E-state index in [4.69, 9.17) is 19.3 Å². The van der Waals surface area contributed by atoms with E-state index in [0.717, 1.165) is 57.8 Å². The lowest BCUT2D eigenvalue weighted by atomic mass is 10.0. The van der Waals surface area contributed by atoms with Crippen molar-refractivity contribution in [1.82, 2.24) is 0 Å². The summed E-state index contributed by atoms with van der Waals surface area (Å²) in [6.07, 6.45) is 45.5. The van der Waals surface area contributed by atoms with Crippen LogP contribution < -0.4 is 0 Å². The van der Waals surface area contributed by atoms with Crippen LogP contribution in [0.25, 0.3) is 0 Å². The van der Waals surface area contributed by atoms with E-state index < -0.39 is 32.5 Å². The molecule has 0 aromatic heterocycles. The van der Waals surface area contributed by atoms with Crippen LogP contribution in [-0.4, -0.2) is 41.0 Å². The van der Waals surface area contributed by atoms with Crippen LogP contribution >= 0.6 is 7.82 Å². The Labute approximate surface area is 312 Å². The summed E-state index contributed by atoms with van der Waals surface area (Å²) in [7, 11) is -4.76. The molecule has 0 bridgehead atoms. The van der Waals surface area contributed by atoms with Crippen LogP contribution in [0.5, 0.6) is 0 Å². The van der Waals surface area contributed by atoms with Crippen LogP contribution in [-0.2, 0) is 28.2 Å². The maximum atomic E-state index is 12.4. The van der Waals surface area contributed by atoms with E-state index >= 15 is 0 Å². The number of esters is 2. The number of phosphoric ester groups is 1. The molecular weight excluding hydrogens is 663 g/mol. The molecule has 0 heterocycles. The molecule has 9 heteroatoms. The number of hydrogen-bond donors (Lipinski definition) is 2. The van der Waals surface area contributed by atoms with Gasteiger partial charge in [-0.1, -0.05) is 172 Å². The lowest BCUT2D eigenvalue weighted by Crippen LogP contribution is -2.29. The van der Waals surface area contributed by atoms with E-state index in [1.807, 2.05) is 0 Å². The molecule has 0 radical (unpaired) electrons. The second kappa shape index (κ2) is 37.8. The smallest absolute Gasteiger partial charge is 0.462 e.